The summed E-state index contributed by atoms with van der Waals surface area (Å²) in [5.41, 5.74) is 0.462. The summed E-state index contributed by atoms with van der Waals surface area (Å²) in [5, 5.41) is 13.1. The molecule has 2 N–H and O–H groups in total. The first-order chi connectivity index (χ1) is 6.86. The Hall–Kier alpha value is -1.23. The zero-order valence-electron chi connectivity index (χ0n) is 7.99. The monoisotopic (exact) mass is 194 g/mol. The molecule has 0 radical (unpaired) electrons. The lowest BCUT2D eigenvalue weighted by molar-refractivity contribution is 0.0947. The van der Waals surface area contributed by atoms with E-state index in [-0.39, 0.29) is 5.78 Å². The Labute approximate surface area is 82.3 Å². The van der Waals surface area contributed by atoms with Gasteiger partial charge in [-0.05, 0) is 31.8 Å². The van der Waals surface area contributed by atoms with E-state index in [1.54, 1.807) is 0 Å². The van der Waals surface area contributed by atoms with Gasteiger partial charge in [-0.25, -0.2) is 0 Å². The lowest BCUT2D eigenvalue weighted by atomic mass is 9.92. The van der Waals surface area contributed by atoms with Gasteiger partial charge in [0.05, 0.1) is 6.20 Å². The normalized spacial score (nSPS) is 18.3. The van der Waals surface area contributed by atoms with Gasteiger partial charge in [0.2, 0.25) is 0 Å². The molecule has 1 fully saturated rings. The molecule has 76 valence electrons. The zero-order valence-corrected chi connectivity index (χ0v) is 7.99. The smallest absolute Gasteiger partial charge is 0.184 e. The van der Waals surface area contributed by atoms with Crippen LogP contribution in [0.5, 0.6) is 0 Å². The van der Waals surface area contributed by atoms with Crippen molar-refractivity contribution in [1.82, 2.24) is 20.7 Å². The lowest BCUT2D eigenvalue weighted by Gasteiger charge is -2.21. The SMILES string of the molecule is O=C(CC1CCNCC1)c1cn[nH]n1. The number of hydrogen-bond acceptors (Lipinski definition) is 4. The third-order valence-electron chi connectivity index (χ3n) is 2.63. The largest absolute Gasteiger partial charge is 0.317 e. The lowest BCUT2D eigenvalue weighted by Crippen LogP contribution is -2.28. The second kappa shape index (κ2) is 4.32. The molecule has 0 spiro atoms. The number of nitrogens with zero attached hydrogens (tertiary/aromatic N) is 2. The second-order valence-electron chi connectivity index (χ2n) is 3.68. The first-order valence-corrected chi connectivity index (χ1v) is 4.96. The molecule has 0 atom stereocenters. The van der Waals surface area contributed by atoms with Crippen LogP contribution in [0.4, 0.5) is 0 Å². The standard InChI is InChI=1S/C9H14N4O/c14-9(8-6-11-13-12-8)5-7-1-3-10-4-2-7/h6-7,10H,1-5H2,(H,11,12,13). The Morgan fingerprint density at radius 3 is 2.93 bits per heavy atom. The van der Waals surface area contributed by atoms with Crippen LogP contribution in [0.1, 0.15) is 29.8 Å². The maximum absolute atomic E-state index is 11.6. The van der Waals surface area contributed by atoms with Gasteiger partial charge >= 0.3 is 0 Å². The van der Waals surface area contributed by atoms with E-state index < -0.39 is 0 Å². The molecule has 14 heavy (non-hydrogen) atoms. The third-order valence-corrected chi connectivity index (χ3v) is 2.63. The van der Waals surface area contributed by atoms with E-state index >= 15 is 0 Å². The number of Topliss-reactive ketones (excluding diaryl/α,β-unsaturated/α-hetero) is 1. The van der Waals surface area contributed by atoms with Crippen LogP contribution in [0, 0.1) is 5.92 Å². The van der Waals surface area contributed by atoms with Gasteiger partial charge in [0.15, 0.2) is 5.78 Å². The van der Waals surface area contributed by atoms with Crippen molar-refractivity contribution in [2.24, 2.45) is 5.92 Å². The van der Waals surface area contributed by atoms with Crippen molar-refractivity contribution in [2.45, 2.75) is 19.3 Å². The number of H-pyrrole nitrogens is 1. The minimum Gasteiger partial charge on any atom is -0.317 e. The van der Waals surface area contributed by atoms with E-state index in [9.17, 15) is 4.79 Å². The van der Waals surface area contributed by atoms with Crippen LogP contribution in [0.25, 0.3) is 0 Å². The molecule has 0 bridgehead atoms. The molecule has 0 aromatic carbocycles. The van der Waals surface area contributed by atoms with Crippen LogP contribution in [0.2, 0.25) is 0 Å². The van der Waals surface area contributed by atoms with Crippen molar-refractivity contribution in [3.05, 3.63) is 11.9 Å². The molecule has 0 aliphatic carbocycles. The summed E-state index contributed by atoms with van der Waals surface area (Å²) >= 11 is 0. The van der Waals surface area contributed by atoms with Gasteiger partial charge in [0.25, 0.3) is 0 Å². The summed E-state index contributed by atoms with van der Waals surface area (Å²) in [6, 6.07) is 0. The van der Waals surface area contributed by atoms with Crippen LogP contribution in [0.3, 0.4) is 0 Å². The Bertz CT molecular complexity index is 290. The first kappa shape index (κ1) is 9.33. The van der Waals surface area contributed by atoms with Crippen LogP contribution < -0.4 is 5.32 Å². The van der Waals surface area contributed by atoms with Gasteiger partial charge in [-0.2, -0.15) is 15.4 Å². The number of piperidine rings is 1. The topological polar surface area (TPSA) is 70.7 Å². The predicted octanol–water partition coefficient (Wildman–Crippen LogP) is 0.377. The van der Waals surface area contributed by atoms with Crippen LogP contribution in [-0.2, 0) is 0 Å². The molecule has 1 aliphatic heterocycles. The molecule has 0 amide bonds. The van der Waals surface area contributed by atoms with Crippen molar-refractivity contribution >= 4 is 5.78 Å². The van der Waals surface area contributed by atoms with Gasteiger partial charge in [0.1, 0.15) is 5.69 Å². The van der Waals surface area contributed by atoms with Crippen LogP contribution in [-0.4, -0.2) is 34.3 Å². The first-order valence-electron chi connectivity index (χ1n) is 4.96. The fraction of sp³-hybridized carbons (Fsp3) is 0.667. The van der Waals surface area contributed by atoms with E-state index in [0.29, 0.717) is 18.0 Å². The molecule has 2 rings (SSSR count). The van der Waals surface area contributed by atoms with E-state index in [1.165, 1.54) is 6.20 Å². The van der Waals surface area contributed by atoms with Crippen LogP contribution in [0.15, 0.2) is 6.20 Å². The van der Waals surface area contributed by atoms with Crippen LogP contribution >= 0.6 is 0 Å². The van der Waals surface area contributed by atoms with Gasteiger partial charge in [-0.15, -0.1) is 0 Å². The van der Waals surface area contributed by atoms with Crippen molar-refractivity contribution in [3.8, 4) is 0 Å². The van der Waals surface area contributed by atoms with Gasteiger partial charge in [-0.3, -0.25) is 4.79 Å². The Balaban J connectivity index is 1.87. The number of carbonyl (C=O) groups excluding carboxylic acids is 1. The minimum absolute atomic E-state index is 0.102. The fourth-order valence-corrected chi connectivity index (χ4v) is 1.79. The van der Waals surface area contributed by atoms with Crippen molar-refractivity contribution < 1.29 is 4.79 Å². The fourth-order valence-electron chi connectivity index (χ4n) is 1.79. The number of ketones is 1. The Morgan fingerprint density at radius 2 is 2.29 bits per heavy atom. The number of hydrogen-bond donors (Lipinski definition) is 2. The Morgan fingerprint density at radius 1 is 1.50 bits per heavy atom. The predicted molar refractivity (Wildman–Crippen MR) is 50.9 cm³/mol. The van der Waals surface area contributed by atoms with Crippen molar-refractivity contribution in [3.63, 3.8) is 0 Å². The van der Waals surface area contributed by atoms with E-state index in [0.717, 1.165) is 25.9 Å². The second-order valence-corrected chi connectivity index (χ2v) is 3.68. The number of aromatic amines is 1. The summed E-state index contributed by atoms with van der Waals surface area (Å²) in [6.07, 6.45) is 4.27. The zero-order chi connectivity index (χ0) is 9.80. The molecule has 5 nitrogen and oxygen atoms in total. The van der Waals surface area contributed by atoms with E-state index in [4.69, 9.17) is 0 Å². The molecule has 2 heterocycles. The molecule has 0 unspecified atom stereocenters. The highest BCUT2D eigenvalue weighted by Gasteiger charge is 2.18. The average molecular weight is 194 g/mol. The molecule has 1 aliphatic rings. The highest BCUT2D eigenvalue weighted by Crippen LogP contribution is 2.17. The average Bonchev–Trinajstić information content (AvgIpc) is 2.72. The number of carbonyl (C=O) groups is 1. The van der Waals surface area contributed by atoms with Crippen molar-refractivity contribution in [2.75, 3.05) is 13.1 Å². The quantitative estimate of drug-likeness (QED) is 0.682. The van der Waals surface area contributed by atoms with Crippen molar-refractivity contribution in [1.29, 1.82) is 0 Å². The molecule has 1 aromatic heterocycles. The number of nitrogens with one attached hydrogen (secondary N) is 2. The summed E-state index contributed by atoms with van der Waals surface area (Å²) in [6.45, 7) is 2.05. The van der Waals surface area contributed by atoms with Gasteiger partial charge < -0.3 is 5.32 Å². The molecule has 1 saturated heterocycles. The molecular weight excluding hydrogens is 180 g/mol. The Kier molecular flexibility index (Phi) is 2.88. The minimum atomic E-state index is 0.102. The molecule has 5 heteroatoms. The highest BCUT2D eigenvalue weighted by atomic mass is 16.1. The number of rotatable bonds is 3. The number of aromatic nitrogens is 3. The summed E-state index contributed by atoms with van der Waals surface area (Å²) in [5.74, 6) is 0.617. The summed E-state index contributed by atoms with van der Waals surface area (Å²) < 4.78 is 0. The third kappa shape index (κ3) is 2.17. The summed E-state index contributed by atoms with van der Waals surface area (Å²) in [7, 11) is 0. The van der Waals surface area contributed by atoms with E-state index in [1.807, 2.05) is 0 Å². The maximum Gasteiger partial charge on any atom is 0.184 e. The molecule has 0 saturated carbocycles. The molecule has 1 aromatic rings. The maximum atomic E-state index is 11.6. The highest BCUT2D eigenvalue weighted by molar-refractivity contribution is 5.93. The van der Waals surface area contributed by atoms with E-state index in [2.05, 4.69) is 20.7 Å². The summed E-state index contributed by atoms with van der Waals surface area (Å²) in [4.78, 5) is 11.6. The van der Waals surface area contributed by atoms with Gasteiger partial charge in [-0.1, -0.05) is 0 Å². The van der Waals surface area contributed by atoms with Gasteiger partial charge in [0, 0.05) is 6.42 Å². The molecular formula is C9H14N4O.